The van der Waals surface area contributed by atoms with Crippen LogP contribution in [-0.2, 0) is 5.41 Å². The second-order valence-electron chi connectivity index (χ2n) is 4.77. The Labute approximate surface area is 89.5 Å². The smallest absolute Gasteiger partial charge is 0.0126 e. The van der Waals surface area contributed by atoms with Gasteiger partial charge >= 0.3 is 0 Å². The minimum Gasteiger partial charge on any atom is -0.319 e. The zero-order valence-corrected chi connectivity index (χ0v) is 9.49. The van der Waals surface area contributed by atoms with E-state index in [4.69, 9.17) is 0 Å². The molecule has 0 bridgehead atoms. The largest absolute Gasteiger partial charge is 0.319 e. The monoisotopic (exact) mass is 207 g/mol. The highest BCUT2D eigenvalue weighted by atomic mass is 32.1. The Balaban J connectivity index is 1.96. The summed E-state index contributed by atoms with van der Waals surface area (Å²) in [5.41, 5.74) is 2.36. The first kappa shape index (κ1) is 8.93. The second-order valence-corrected chi connectivity index (χ2v) is 5.72. The lowest BCUT2D eigenvalue weighted by Crippen LogP contribution is -2.24. The number of nitrogens with one attached hydrogen (secondary N) is 1. The average Bonchev–Trinajstić information content (AvgIpc) is 2.78. The SMILES string of the molecule is CNC[C@H]1CCC2(CC2)c2ccsc21. The van der Waals surface area contributed by atoms with Gasteiger partial charge in [0.1, 0.15) is 0 Å². The summed E-state index contributed by atoms with van der Waals surface area (Å²) in [6, 6.07) is 2.38. The van der Waals surface area contributed by atoms with Crippen LogP contribution in [0.1, 0.15) is 42.0 Å². The summed E-state index contributed by atoms with van der Waals surface area (Å²) in [6.07, 6.45) is 5.73. The molecule has 1 fully saturated rings. The lowest BCUT2D eigenvalue weighted by Gasteiger charge is -2.28. The molecule has 14 heavy (non-hydrogen) atoms. The van der Waals surface area contributed by atoms with Crippen molar-refractivity contribution < 1.29 is 0 Å². The van der Waals surface area contributed by atoms with Gasteiger partial charge in [0.05, 0.1) is 0 Å². The van der Waals surface area contributed by atoms with E-state index in [1.165, 1.54) is 25.7 Å². The fourth-order valence-corrected chi connectivity index (χ4v) is 4.06. The molecule has 1 nitrogen and oxygen atoms in total. The van der Waals surface area contributed by atoms with E-state index in [0.29, 0.717) is 5.41 Å². The van der Waals surface area contributed by atoms with Gasteiger partial charge in [0.2, 0.25) is 0 Å². The normalized spacial score (nSPS) is 27.6. The molecule has 2 aliphatic carbocycles. The first-order valence-corrected chi connectivity index (χ1v) is 6.46. The molecule has 3 rings (SSSR count). The zero-order chi connectivity index (χ0) is 9.60. The molecular formula is C12H17NS. The Morgan fingerprint density at radius 1 is 1.50 bits per heavy atom. The molecule has 1 aromatic rings. The van der Waals surface area contributed by atoms with Crippen molar-refractivity contribution in [2.45, 2.75) is 37.0 Å². The number of hydrogen-bond acceptors (Lipinski definition) is 2. The molecular weight excluding hydrogens is 190 g/mol. The Morgan fingerprint density at radius 3 is 3.07 bits per heavy atom. The highest BCUT2D eigenvalue weighted by Gasteiger charge is 2.48. The maximum Gasteiger partial charge on any atom is 0.0126 e. The van der Waals surface area contributed by atoms with Crippen molar-refractivity contribution in [2.24, 2.45) is 0 Å². The summed E-state index contributed by atoms with van der Waals surface area (Å²) in [5, 5.41) is 5.61. The van der Waals surface area contributed by atoms with Crippen molar-refractivity contribution in [1.29, 1.82) is 0 Å². The van der Waals surface area contributed by atoms with E-state index in [9.17, 15) is 0 Å². The van der Waals surface area contributed by atoms with Gasteiger partial charge in [-0.1, -0.05) is 0 Å². The van der Waals surface area contributed by atoms with Crippen LogP contribution in [0.25, 0.3) is 0 Å². The van der Waals surface area contributed by atoms with Gasteiger partial charge in [0.15, 0.2) is 0 Å². The number of hydrogen-bond donors (Lipinski definition) is 1. The summed E-state index contributed by atoms with van der Waals surface area (Å²) in [7, 11) is 2.06. The Morgan fingerprint density at radius 2 is 2.36 bits per heavy atom. The first-order chi connectivity index (χ1) is 6.86. The van der Waals surface area contributed by atoms with Gasteiger partial charge in [-0.05, 0) is 55.2 Å². The minimum atomic E-state index is 0.652. The fourth-order valence-electron chi connectivity index (χ4n) is 2.90. The van der Waals surface area contributed by atoms with Crippen LogP contribution in [0.15, 0.2) is 11.4 Å². The molecule has 1 N–H and O–H groups in total. The van der Waals surface area contributed by atoms with Crippen LogP contribution in [0, 0.1) is 0 Å². The zero-order valence-electron chi connectivity index (χ0n) is 8.68. The number of rotatable bonds is 2. The molecule has 1 saturated carbocycles. The molecule has 1 aromatic heterocycles. The minimum absolute atomic E-state index is 0.652. The molecule has 1 spiro atoms. The van der Waals surface area contributed by atoms with Crippen molar-refractivity contribution >= 4 is 11.3 Å². The molecule has 0 amide bonds. The topological polar surface area (TPSA) is 12.0 Å². The summed E-state index contributed by atoms with van der Waals surface area (Å²) >= 11 is 1.98. The molecule has 0 aromatic carbocycles. The molecule has 1 atom stereocenters. The van der Waals surface area contributed by atoms with E-state index in [0.717, 1.165) is 12.5 Å². The van der Waals surface area contributed by atoms with Gasteiger partial charge in [-0.3, -0.25) is 0 Å². The van der Waals surface area contributed by atoms with Crippen LogP contribution in [0.2, 0.25) is 0 Å². The summed E-state index contributed by atoms with van der Waals surface area (Å²) in [4.78, 5) is 1.68. The molecule has 0 radical (unpaired) electrons. The van der Waals surface area contributed by atoms with Crippen LogP contribution < -0.4 is 5.32 Å². The molecule has 0 saturated heterocycles. The van der Waals surface area contributed by atoms with Gasteiger partial charge in [-0.2, -0.15) is 0 Å². The van der Waals surface area contributed by atoms with Gasteiger partial charge in [-0.15, -0.1) is 11.3 Å². The van der Waals surface area contributed by atoms with Crippen LogP contribution >= 0.6 is 11.3 Å². The van der Waals surface area contributed by atoms with E-state index in [2.05, 4.69) is 23.8 Å². The Hall–Kier alpha value is -0.340. The van der Waals surface area contributed by atoms with Crippen molar-refractivity contribution in [2.75, 3.05) is 13.6 Å². The highest BCUT2D eigenvalue weighted by molar-refractivity contribution is 7.10. The van der Waals surface area contributed by atoms with Gasteiger partial charge < -0.3 is 5.32 Å². The van der Waals surface area contributed by atoms with E-state index in [1.54, 1.807) is 10.4 Å². The van der Waals surface area contributed by atoms with Crippen LogP contribution in [-0.4, -0.2) is 13.6 Å². The third-order valence-corrected chi connectivity index (χ3v) is 4.99. The van der Waals surface area contributed by atoms with Crippen molar-refractivity contribution in [3.8, 4) is 0 Å². The maximum absolute atomic E-state index is 3.32. The lowest BCUT2D eigenvalue weighted by atomic mass is 9.79. The van der Waals surface area contributed by atoms with Crippen LogP contribution in [0.4, 0.5) is 0 Å². The Kier molecular flexibility index (Phi) is 1.96. The quantitative estimate of drug-likeness (QED) is 0.786. The third kappa shape index (κ3) is 1.17. The predicted molar refractivity (Wildman–Crippen MR) is 61.1 cm³/mol. The van der Waals surface area contributed by atoms with Crippen LogP contribution in [0.3, 0.4) is 0 Å². The lowest BCUT2D eigenvalue weighted by molar-refractivity contribution is 0.467. The van der Waals surface area contributed by atoms with E-state index < -0.39 is 0 Å². The van der Waals surface area contributed by atoms with Crippen molar-refractivity contribution in [1.82, 2.24) is 5.32 Å². The van der Waals surface area contributed by atoms with E-state index in [-0.39, 0.29) is 0 Å². The van der Waals surface area contributed by atoms with E-state index >= 15 is 0 Å². The van der Waals surface area contributed by atoms with Crippen molar-refractivity contribution in [3.63, 3.8) is 0 Å². The van der Waals surface area contributed by atoms with Gasteiger partial charge in [0.25, 0.3) is 0 Å². The molecule has 2 heteroatoms. The highest BCUT2D eigenvalue weighted by Crippen LogP contribution is 2.58. The molecule has 0 unspecified atom stereocenters. The number of likely N-dealkylation sites (N-methyl/N-ethyl adjacent to an activating group) is 1. The predicted octanol–water partition coefficient (Wildman–Crippen LogP) is 2.88. The number of thiophene rings is 1. The van der Waals surface area contributed by atoms with Gasteiger partial charge in [0, 0.05) is 17.3 Å². The number of fused-ring (bicyclic) bond motifs is 2. The summed E-state index contributed by atoms with van der Waals surface area (Å²) in [6.45, 7) is 1.16. The average molecular weight is 207 g/mol. The second kappa shape index (κ2) is 3.07. The standard InChI is InChI=1S/C12H17NS/c1-13-8-9-2-4-12(5-6-12)10-3-7-14-11(9)10/h3,7,9,13H,2,4-6,8H2,1H3/t9-/m1/s1. The maximum atomic E-state index is 3.32. The fraction of sp³-hybridized carbons (Fsp3) is 0.667. The molecule has 76 valence electrons. The van der Waals surface area contributed by atoms with Crippen molar-refractivity contribution in [3.05, 3.63) is 21.9 Å². The third-order valence-electron chi connectivity index (χ3n) is 3.91. The van der Waals surface area contributed by atoms with Crippen LogP contribution in [0.5, 0.6) is 0 Å². The molecule has 1 heterocycles. The molecule has 2 aliphatic rings. The summed E-state index contributed by atoms with van der Waals surface area (Å²) < 4.78 is 0. The van der Waals surface area contributed by atoms with E-state index in [1.807, 2.05) is 11.3 Å². The van der Waals surface area contributed by atoms with Gasteiger partial charge in [-0.25, -0.2) is 0 Å². The summed E-state index contributed by atoms with van der Waals surface area (Å²) in [5.74, 6) is 0.793. The Bertz CT molecular complexity index is 338. The molecule has 0 aliphatic heterocycles. The first-order valence-electron chi connectivity index (χ1n) is 5.58.